The Labute approximate surface area is 882 Å². The third kappa shape index (κ3) is 49.4. The van der Waals surface area contributed by atoms with Gasteiger partial charge in [-0.15, -0.1) is 0 Å². The van der Waals surface area contributed by atoms with E-state index in [9.17, 15) is 8.42 Å². The first kappa shape index (κ1) is 121. The van der Waals surface area contributed by atoms with Crippen molar-refractivity contribution < 1.29 is 17.9 Å². The smallest absolute Gasteiger partial charge is 0.289 e. The number of likely N-dealkylation sites (N-methyl/N-ethyl adjacent to an activating group) is 8. The van der Waals surface area contributed by atoms with Gasteiger partial charge in [-0.3, -0.25) is 30.0 Å². The van der Waals surface area contributed by atoms with Crippen molar-refractivity contribution in [2.45, 2.75) is 81.1 Å². The highest BCUT2D eigenvalue weighted by Gasteiger charge is 2.22. The summed E-state index contributed by atoms with van der Waals surface area (Å²) in [6.45, 7) is 53.6. The molecule has 10 N–H and O–H groups in total. The number of benzene rings is 7. The van der Waals surface area contributed by atoms with E-state index in [2.05, 4.69) is 407 Å². The van der Waals surface area contributed by atoms with Crippen LogP contribution in [-0.4, -0.2) is 439 Å². The molecule has 6 fully saturated rings. The molecule has 0 spiro atoms. The minimum atomic E-state index is -2.66. The monoisotopic (exact) mass is 2050 g/mol. The molecule has 0 atom stereocenters. The maximum absolute atomic E-state index is 10.8. The molecule has 0 unspecified atom stereocenters. The van der Waals surface area contributed by atoms with Gasteiger partial charge in [0.05, 0.1) is 70.5 Å². The van der Waals surface area contributed by atoms with Crippen LogP contribution in [0, 0.1) is 48.5 Å². The van der Waals surface area contributed by atoms with E-state index in [1.807, 2.05) is 54.4 Å². The molecule has 0 radical (unpaired) electrons. The minimum Gasteiger partial charge on any atom is -0.463 e. The van der Waals surface area contributed by atoms with Crippen molar-refractivity contribution in [3.63, 3.8) is 0 Å². The maximum Gasteiger partial charge on any atom is 0.289 e. The van der Waals surface area contributed by atoms with Gasteiger partial charge in [-0.2, -0.15) is 11.8 Å². The Hall–Kier alpha value is -10.7. The van der Waals surface area contributed by atoms with Crippen LogP contribution in [0.25, 0.3) is 0 Å². The summed E-state index contributed by atoms with van der Waals surface area (Å²) >= 11 is 2.06. The van der Waals surface area contributed by atoms with Crippen molar-refractivity contribution in [3.05, 3.63) is 231 Å². The lowest BCUT2D eigenvalue weighted by Gasteiger charge is -2.28. The van der Waals surface area contributed by atoms with E-state index in [1.165, 1.54) is 151 Å². The van der Waals surface area contributed by atoms with E-state index < -0.39 is 9.84 Å². The number of thioether (sulfide) groups is 1. The maximum atomic E-state index is 10.8. The fraction of sp³-hybridized carbons (Fsp3) is 0.559. The standard InChI is InChI=1S/C13H19N3.2C12H17N3.2C11H15N3.C10H13N3.C10H12N2O.2C6H14N2.C5H12N2.C5H11NO2S.C5H11NO.C5H11NS/c1-11-6-4-5-7-12(11)10-16(3)13-14-8-9-15(13)2;1-10-5-3-4-6-11(10)9-14-12-13-7-8-15(12)2;1-10-5-3-4-6-11(10)9-15(2)12-13-7-8-14-12;1-9-5-3-4-6-10(9)13-11-12-7-8-14(11)2;1-9-4-2-3-5-10(9)8-14-11-12-6-7-13-11;1-8-4-2-3-5-9(8)13-10-11-6-7-12-10;1-8-4-2-3-5-9(8)12-10-11-6-7-13-10;1-7-3-5-8(2)6-4-7;1-8-5-2-3-7-4-6-8;1-7-4-2-6-3-5-7;1-6-2-4-9(7,8)5-3-6;2*1-6-2-4-7-5-3-6/h4-7H,8-10H2,1-3H3;2*3-6H,7-9H2,1-2H3,(H,13,14);3-6H,7-8H2,1-2H3,(H,12,13);2-5H,6-8H2,1H3,(H2,12,13,14);2-5H,6-7H2,1H3,(H2,11,12,13);2-5H,6-7H2,1H3,(H,11,12);3-6H2,1-2H3;7H,2-6H2,1H3;6H,2-5H2,1H3;2-5H2,1H3;2*2-5H2,1H3. The zero-order chi connectivity index (χ0) is 105. The average Bonchev–Trinajstić information content (AvgIpc) is 1.71. The van der Waals surface area contributed by atoms with Crippen LogP contribution in [0.1, 0.15) is 67.6 Å². The molecule has 146 heavy (non-hydrogen) atoms. The lowest BCUT2D eigenvalue weighted by molar-refractivity contribution is 0.0503. The molecule has 20 rings (SSSR count). The zero-order valence-electron chi connectivity index (χ0n) is 92.0. The van der Waals surface area contributed by atoms with Crippen LogP contribution in [0.2, 0.25) is 0 Å². The Kier molecular flexibility index (Phi) is 57.4. The lowest BCUT2D eigenvalue weighted by Crippen LogP contribution is -2.42. The fourth-order valence-electron chi connectivity index (χ4n) is 15.9. The highest BCUT2D eigenvalue weighted by molar-refractivity contribution is 7.99. The van der Waals surface area contributed by atoms with Crippen molar-refractivity contribution in [3.8, 4) is 0 Å². The minimum absolute atomic E-state index is 0.337. The third-order valence-electron chi connectivity index (χ3n) is 26.0. The highest BCUT2D eigenvalue weighted by atomic mass is 32.2. The predicted octanol–water partition coefficient (Wildman–Crippen LogP) is 9.67. The number of aliphatic imine (C=N–C) groups is 7. The van der Waals surface area contributed by atoms with Crippen LogP contribution in [0.4, 0.5) is 17.1 Å². The molecule has 0 aliphatic carbocycles. The van der Waals surface area contributed by atoms with Gasteiger partial charge in [-0.05, 0) is 197 Å². The van der Waals surface area contributed by atoms with Crippen LogP contribution in [0.3, 0.4) is 0 Å². The van der Waals surface area contributed by atoms with E-state index in [-0.39, 0.29) is 0 Å². The molecule has 33 nitrogen and oxygen atoms in total. The van der Waals surface area contributed by atoms with Gasteiger partial charge in [0.25, 0.3) is 6.02 Å². The Morgan fingerprint density at radius 2 is 0.733 bits per heavy atom. The van der Waals surface area contributed by atoms with Crippen molar-refractivity contribution in [2.24, 2.45) is 34.9 Å². The summed E-state index contributed by atoms with van der Waals surface area (Å²) in [5, 5.41) is 32.6. The second-order valence-electron chi connectivity index (χ2n) is 38.6. The summed E-state index contributed by atoms with van der Waals surface area (Å²) in [5.74, 6) is 9.24. The molecule has 7 aromatic rings. The Balaban J connectivity index is 0.000000195. The number of sulfone groups is 1. The quantitative estimate of drug-likeness (QED) is 0.0576. The van der Waals surface area contributed by atoms with Gasteiger partial charge in [0.2, 0.25) is 0 Å². The normalized spacial score (nSPS) is 18.5. The molecule has 6 saturated heterocycles. The summed E-state index contributed by atoms with van der Waals surface area (Å²) in [6, 6.07) is 58.9. The molecule has 13 aliphatic heterocycles. The summed E-state index contributed by atoms with van der Waals surface area (Å²) in [5.41, 5.74) is 17.7. The first-order valence-corrected chi connectivity index (χ1v) is 55.4. The summed E-state index contributed by atoms with van der Waals surface area (Å²) in [6.07, 6.45) is 1.30. The number of rotatable bonds is 11. The zero-order valence-corrected chi connectivity index (χ0v) is 93.7. The van der Waals surface area contributed by atoms with Crippen LogP contribution < -0.4 is 53.2 Å². The third-order valence-corrected chi connectivity index (χ3v) is 28.6. The number of ether oxygens (including phenoxy) is 2. The molecule has 0 amide bonds. The molecule has 13 aliphatic rings. The number of hydrogen-bond acceptors (Lipinski definition) is 34. The topological polar surface area (TPSA) is 298 Å². The number of anilines is 3. The van der Waals surface area contributed by atoms with E-state index in [0.717, 1.165) is 210 Å². The Morgan fingerprint density at radius 1 is 0.336 bits per heavy atom. The summed E-state index contributed by atoms with van der Waals surface area (Å²) in [7, 11) is 22.6. The number of aryl methyl sites for hydroxylation is 7. The number of hydrogen-bond donors (Lipinski definition) is 10. The average molecular weight is 2050 g/mol. The van der Waals surface area contributed by atoms with Crippen molar-refractivity contribution in [1.29, 1.82) is 0 Å². The number of nitrogens with one attached hydrogen (secondary N) is 10. The molecule has 7 aromatic carbocycles. The van der Waals surface area contributed by atoms with Crippen molar-refractivity contribution in [1.82, 2.24) is 96.0 Å². The van der Waals surface area contributed by atoms with E-state index in [0.29, 0.717) is 37.2 Å². The Morgan fingerprint density at radius 3 is 1.14 bits per heavy atom. The lowest BCUT2D eigenvalue weighted by atomic mass is 10.1. The predicted molar refractivity (Wildman–Crippen MR) is 619 cm³/mol. The number of morpholine rings is 1. The van der Waals surface area contributed by atoms with Crippen LogP contribution in [-0.2, 0) is 45.5 Å². The van der Waals surface area contributed by atoms with Crippen molar-refractivity contribution in [2.75, 3.05) is 346 Å². The first-order valence-electron chi connectivity index (χ1n) is 52.5. The van der Waals surface area contributed by atoms with Gasteiger partial charge in [-0.25, -0.2) is 13.4 Å². The van der Waals surface area contributed by atoms with Crippen molar-refractivity contribution >= 4 is 80.4 Å². The molecule has 0 aromatic heterocycles. The summed E-state index contributed by atoms with van der Waals surface area (Å²) < 4.78 is 31.9. The fourth-order valence-corrected chi connectivity index (χ4v) is 18.3. The molecule has 0 bridgehead atoms. The number of nitrogens with zero attached hydrogens (tertiary/aromatic N) is 19. The second kappa shape index (κ2) is 69.5. The van der Waals surface area contributed by atoms with E-state index in [4.69, 9.17) is 9.47 Å². The second-order valence-corrected chi connectivity index (χ2v) is 42.2. The van der Waals surface area contributed by atoms with Gasteiger partial charge in [-0.1, -0.05) is 152 Å². The first-order chi connectivity index (χ1) is 70.5. The molecule has 806 valence electrons. The number of guanidine groups is 6. The number of amidine groups is 1. The highest BCUT2D eigenvalue weighted by Crippen LogP contribution is 2.20. The van der Waals surface area contributed by atoms with Gasteiger partial charge in [0.1, 0.15) is 6.61 Å². The van der Waals surface area contributed by atoms with Gasteiger partial charge < -0.3 is 121 Å². The summed E-state index contributed by atoms with van der Waals surface area (Å²) in [4.78, 5) is 57.3. The molecule has 35 heteroatoms. The molecule has 0 saturated carbocycles. The van der Waals surface area contributed by atoms with E-state index >= 15 is 0 Å². The number of piperazine rings is 2. The van der Waals surface area contributed by atoms with Crippen LogP contribution in [0.15, 0.2) is 205 Å². The molecular formula is C111H181N29O4S2. The largest absolute Gasteiger partial charge is 0.463 e. The van der Waals surface area contributed by atoms with Gasteiger partial charge in [0, 0.05) is 234 Å². The number of para-hydroxylation sites is 3. The molecule has 13 heterocycles. The van der Waals surface area contributed by atoms with Crippen LogP contribution in [0.5, 0.6) is 0 Å². The van der Waals surface area contributed by atoms with Crippen LogP contribution >= 0.6 is 11.8 Å². The van der Waals surface area contributed by atoms with Gasteiger partial charge in [0.15, 0.2) is 45.6 Å². The Bertz CT molecular complexity index is 5030. The van der Waals surface area contributed by atoms with E-state index in [1.54, 1.807) is 0 Å². The van der Waals surface area contributed by atoms with Gasteiger partial charge >= 0.3 is 0 Å². The molecular weight excluding hydrogens is 1870 g/mol. The SMILES string of the molecule is CN1CCCNCC1.CN1CCN(C)CC1.CN1CCNCC1.CN1CCOCC1.CN1CCS(=O)(=O)CC1.CN1CCSCC1.Cc1ccccc1CN(C)C1=NCCN1.Cc1ccccc1CN(C)C1=NCCN1C.Cc1ccccc1CNC1=NCCN1.Cc1ccccc1CNC1=NCCN1C.Cc1ccccc1NC1=NCCN1.Cc1ccccc1NC1=NCCN1C.Cc1ccccc1NC1=NCCO1.